The summed E-state index contributed by atoms with van der Waals surface area (Å²) in [4.78, 5) is 0. The van der Waals surface area contributed by atoms with Gasteiger partial charge in [0.05, 0.1) is 32.0 Å². The molecule has 0 spiro atoms. The van der Waals surface area contributed by atoms with Gasteiger partial charge in [0, 0.05) is 5.56 Å². The number of benzene rings is 1. The van der Waals surface area contributed by atoms with Crippen LogP contribution >= 0.6 is 0 Å². The third kappa shape index (κ3) is 3.20. The predicted octanol–water partition coefficient (Wildman–Crippen LogP) is 2.59. The van der Waals surface area contributed by atoms with Crippen LogP contribution in [0.1, 0.15) is 37.4 Å². The minimum Gasteiger partial charge on any atom is -0.496 e. The lowest BCUT2D eigenvalue weighted by atomic mass is 10.0. The lowest BCUT2D eigenvalue weighted by Crippen LogP contribution is -2.32. The van der Waals surface area contributed by atoms with Crippen LogP contribution in [0.3, 0.4) is 0 Å². The second kappa shape index (κ2) is 6.30. The minimum absolute atomic E-state index is 0.0429. The number of halogens is 1. The van der Waals surface area contributed by atoms with Crippen LogP contribution in [-0.4, -0.2) is 37.1 Å². The summed E-state index contributed by atoms with van der Waals surface area (Å²) in [5, 5.41) is 9.63. The molecular formula is C16H21FO4. The second-order valence-corrected chi connectivity index (χ2v) is 5.74. The number of ether oxygens (including phenoxy) is 3. The summed E-state index contributed by atoms with van der Waals surface area (Å²) < 4.78 is 30.5. The molecule has 0 amide bonds. The smallest absolute Gasteiger partial charge is 0.124 e. The maximum atomic E-state index is 13.5. The Labute approximate surface area is 123 Å². The molecule has 2 bridgehead atoms. The van der Waals surface area contributed by atoms with E-state index in [1.54, 1.807) is 6.07 Å². The fourth-order valence-corrected chi connectivity index (χ4v) is 3.32. The summed E-state index contributed by atoms with van der Waals surface area (Å²) in [6.45, 7) is -0.202. The lowest BCUT2D eigenvalue weighted by Gasteiger charge is -2.31. The van der Waals surface area contributed by atoms with Crippen LogP contribution in [0.25, 0.3) is 0 Å². The normalized spacial score (nSPS) is 29.4. The molecule has 5 heteroatoms. The van der Waals surface area contributed by atoms with E-state index in [0.717, 1.165) is 25.7 Å². The molecule has 1 aromatic carbocycles. The number of aliphatic hydroxyl groups is 1. The zero-order chi connectivity index (χ0) is 14.8. The van der Waals surface area contributed by atoms with Crippen LogP contribution in [0.15, 0.2) is 18.2 Å². The fraction of sp³-hybridized carbons (Fsp3) is 0.625. The number of rotatable bonds is 5. The molecule has 4 nitrogen and oxygen atoms in total. The third-order valence-electron chi connectivity index (χ3n) is 4.31. The van der Waals surface area contributed by atoms with Crippen LogP contribution in [0.5, 0.6) is 5.75 Å². The first-order chi connectivity index (χ1) is 10.2. The van der Waals surface area contributed by atoms with Crippen LogP contribution in [0.4, 0.5) is 4.39 Å². The van der Waals surface area contributed by atoms with E-state index in [1.807, 2.05) is 0 Å². The molecule has 2 aliphatic rings. The first-order valence-corrected chi connectivity index (χ1v) is 7.44. The number of hydrogen-bond acceptors (Lipinski definition) is 4. The molecule has 0 unspecified atom stereocenters. The zero-order valence-electron chi connectivity index (χ0n) is 12.1. The molecule has 4 atom stereocenters. The predicted molar refractivity (Wildman–Crippen MR) is 74.8 cm³/mol. The number of fused-ring (bicyclic) bond motifs is 2. The van der Waals surface area contributed by atoms with Gasteiger partial charge in [-0.05, 0) is 43.9 Å². The Bertz CT molecular complexity index is 481. The van der Waals surface area contributed by atoms with Gasteiger partial charge in [-0.15, -0.1) is 0 Å². The van der Waals surface area contributed by atoms with E-state index in [4.69, 9.17) is 14.2 Å². The molecule has 3 rings (SSSR count). The van der Waals surface area contributed by atoms with Gasteiger partial charge < -0.3 is 19.3 Å². The fourth-order valence-electron chi connectivity index (χ4n) is 3.32. The summed E-state index contributed by atoms with van der Waals surface area (Å²) in [6, 6.07) is 4.27. The van der Waals surface area contributed by atoms with Gasteiger partial charge in [-0.3, -0.25) is 0 Å². The largest absolute Gasteiger partial charge is 0.496 e. The van der Waals surface area contributed by atoms with Gasteiger partial charge in [-0.1, -0.05) is 0 Å². The van der Waals surface area contributed by atoms with Gasteiger partial charge in [-0.2, -0.15) is 0 Å². The Kier molecular flexibility index (Phi) is 4.42. The molecule has 1 aromatic rings. The molecule has 0 radical (unpaired) electrons. The highest BCUT2D eigenvalue weighted by Crippen LogP contribution is 2.37. The molecule has 0 aromatic heterocycles. The Hall–Kier alpha value is -1.17. The molecule has 2 saturated heterocycles. The quantitative estimate of drug-likeness (QED) is 0.907. The Balaban J connectivity index is 1.74. The number of aliphatic hydroxyl groups excluding tert-OH is 1. The molecule has 116 valence electrons. The highest BCUT2D eigenvalue weighted by atomic mass is 19.1. The van der Waals surface area contributed by atoms with Crippen molar-refractivity contribution in [2.45, 2.75) is 50.1 Å². The van der Waals surface area contributed by atoms with Crippen molar-refractivity contribution in [2.24, 2.45) is 0 Å². The monoisotopic (exact) mass is 296 g/mol. The van der Waals surface area contributed by atoms with E-state index in [0.29, 0.717) is 11.3 Å². The van der Waals surface area contributed by atoms with Crippen molar-refractivity contribution >= 4 is 0 Å². The van der Waals surface area contributed by atoms with Crippen molar-refractivity contribution in [3.05, 3.63) is 29.6 Å². The Morgan fingerprint density at radius 2 is 2.05 bits per heavy atom. The van der Waals surface area contributed by atoms with Crippen molar-refractivity contribution < 1.29 is 23.7 Å². The number of methoxy groups -OCH3 is 1. The third-order valence-corrected chi connectivity index (χ3v) is 4.31. The summed E-state index contributed by atoms with van der Waals surface area (Å²) in [6.07, 6.45) is 3.84. The summed E-state index contributed by atoms with van der Waals surface area (Å²) in [5.74, 6) is 0.172. The van der Waals surface area contributed by atoms with Crippen LogP contribution in [0, 0.1) is 5.82 Å². The Morgan fingerprint density at radius 1 is 1.33 bits per heavy atom. The molecule has 2 aliphatic heterocycles. The number of hydrogen-bond donors (Lipinski definition) is 1. The van der Waals surface area contributed by atoms with E-state index < -0.39 is 6.10 Å². The highest BCUT2D eigenvalue weighted by molar-refractivity contribution is 5.36. The molecule has 0 saturated carbocycles. The van der Waals surface area contributed by atoms with E-state index >= 15 is 0 Å². The van der Waals surface area contributed by atoms with E-state index in [2.05, 4.69) is 0 Å². The van der Waals surface area contributed by atoms with E-state index in [9.17, 15) is 9.50 Å². The molecule has 0 aliphatic carbocycles. The van der Waals surface area contributed by atoms with Gasteiger partial charge in [0.2, 0.25) is 0 Å². The SMILES string of the molecule is COc1ccc(F)cc1[C@H](CO)O[C@@H]1C[C@H]2CC[C@@H](C1)O2. The minimum atomic E-state index is -0.571. The average molecular weight is 296 g/mol. The van der Waals surface area contributed by atoms with Gasteiger partial charge >= 0.3 is 0 Å². The van der Waals surface area contributed by atoms with Crippen molar-refractivity contribution in [3.63, 3.8) is 0 Å². The lowest BCUT2D eigenvalue weighted by molar-refractivity contribution is -0.115. The van der Waals surface area contributed by atoms with E-state index in [-0.39, 0.29) is 30.7 Å². The van der Waals surface area contributed by atoms with Crippen LogP contribution in [0.2, 0.25) is 0 Å². The van der Waals surface area contributed by atoms with Gasteiger partial charge in [0.15, 0.2) is 0 Å². The zero-order valence-corrected chi connectivity index (χ0v) is 12.1. The molecule has 2 heterocycles. The standard InChI is InChI=1S/C16H21FO4/c1-19-15-5-2-10(17)6-14(15)16(9-18)21-13-7-11-3-4-12(8-13)20-11/h2,5-6,11-13,16,18H,3-4,7-9H2,1H3/t11-,12+,13-,16-/m0/s1. The molecule has 21 heavy (non-hydrogen) atoms. The molecular weight excluding hydrogens is 275 g/mol. The van der Waals surface area contributed by atoms with Crippen molar-refractivity contribution in [2.75, 3.05) is 13.7 Å². The summed E-state index contributed by atoms with van der Waals surface area (Å²) in [7, 11) is 1.53. The highest BCUT2D eigenvalue weighted by Gasteiger charge is 2.36. The van der Waals surface area contributed by atoms with Crippen molar-refractivity contribution in [3.8, 4) is 5.75 Å². The second-order valence-electron chi connectivity index (χ2n) is 5.74. The first-order valence-electron chi connectivity index (χ1n) is 7.44. The average Bonchev–Trinajstić information content (AvgIpc) is 2.83. The van der Waals surface area contributed by atoms with Crippen LogP contribution in [-0.2, 0) is 9.47 Å². The summed E-state index contributed by atoms with van der Waals surface area (Å²) >= 11 is 0. The molecule has 2 fully saturated rings. The topological polar surface area (TPSA) is 47.9 Å². The van der Waals surface area contributed by atoms with Gasteiger partial charge in [-0.25, -0.2) is 4.39 Å². The summed E-state index contributed by atoms with van der Waals surface area (Å²) in [5.41, 5.74) is 0.554. The van der Waals surface area contributed by atoms with Crippen LogP contribution < -0.4 is 4.74 Å². The van der Waals surface area contributed by atoms with Crippen molar-refractivity contribution in [1.82, 2.24) is 0 Å². The molecule has 1 N–H and O–H groups in total. The maximum Gasteiger partial charge on any atom is 0.124 e. The van der Waals surface area contributed by atoms with Crippen molar-refractivity contribution in [1.29, 1.82) is 0 Å². The first kappa shape index (κ1) is 14.8. The van der Waals surface area contributed by atoms with E-state index in [1.165, 1.54) is 19.2 Å². The Morgan fingerprint density at radius 3 is 2.67 bits per heavy atom. The van der Waals surface area contributed by atoms with Gasteiger partial charge in [0.25, 0.3) is 0 Å². The maximum absolute atomic E-state index is 13.5. The van der Waals surface area contributed by atoms with Gasteiger partial charge in [0.1, 0.15) is 17.7 Å².